The lowest BCUT2D eigenvalue weighted by Gasteiger charge is -2.18. The summed E-state index contributed by atoms with van der Waals surface area (Å²) in [6.07, 6.45) is 1.21. The molecule has 0 spiro atoms. The van der Waals surface area contributed by atoms with Gasteiger partial charge < -0.3 is 15.5 Å². The summed E-state index contributed by atoms with van der Waals surface area (Å²) >= 11 is 1.69. The normalized spacial score (nSPS) is 14.0. The van der Waals surface area contributed by atoms with Crippen LogP contribution in [0.5, 0.6) is 0 Å². The van der Waals surface area contributed by atoms with Crippen molar-refractivity contribution in [3.8, 4) is 0 Å². The zero-order valence-corrected chi connectivity index (χ0v) is 16.7. The van der Waals surface area contributed by atoms with Gasteiger partial charge in [-0.2, -0.15) is 10.2 Å². The largest absolute Gasteiger partial charge is 0.394 e. The number of aliphatic hydroxyl groups is 2. The minimum absolute atomic E-state index is 0.0935. The van der Waals surface area contributed by atoms with E-state index in [1.807, 2.05) is 20.1 Å². The lowest BCUT2D eigenvalue weighted by atomic mass is 10.1. The molecule has 0 unspecified atom stereocenters. The second kappa shape index (κ2) is 9.64. The van der Waals surface area contributed by atoms with E-state index >= 15 is 0 Å². The highest BCUT2D eigenvalue weighted by Crippen LogP contribution is 2.30. The van der Waals surface area contributed by atoms with E-state index in [1.165, 1.54) is 11.8 Å². The molecular formula is C20H25N3O3S. The summed E-state index contributed by atoms with van der Waals surface area (Å²) in [5, 5.41) is 25.2. The highest BCUT2D eigenvalue weighted by molar-refractivity contribution is 7.98. The molecule has 144 valence electrons. The first-order chi connectivity index (χ1) is 13.3. The van der Waals surface area contributed by atoms with Crippen LogP contribution in [0.2, 0.25) is 0 Å². The number of carbonyl (C=O) groups excluding carboxylic acids is 1. The molecule has 0 fully saturated rings. The summed E-state index contributed by atoms with van der Waals surface area (Å²) < 4.78 is 6.79. The Morgan fingerprint density at radius 3 is 2.37 bits per heavy atom. The van der Waals surface area contributed by atoms with Crippen LogP contribution in [0.25, 0.3) is 0 Å². The van der Waals surface area contributed by atoms with E-state index in [1.54, 1.807) is 36.0 Å². The molecule has 3 N–H and O–H groups in total. The Labute approximate surface area is 165 Å². The molecule has 6 nitrogen and oxygen atoms in total. The van der Waals surface area contributed by atoms with Gasteiger partial charge in [0.1, 0.15) is 0 Å². The SMILES string of the molecule is [2H]OC[C@H](NC(=O)c1ccc(/N=N/c2c(C)cc(SC)cc2C)cc1)[C@H](C)O. The molecule has 1 amide bonds. The first-order valence-electron chi connectivity index (χ1n) is 9.00. The van der Waals surface area contributed by atoms with Gasteiger partial charge in [0.25, 0.3) is 5.91 Å². The number of carbonyl (C=O) groups is 1. The molecule has 0 saturated heterocycles. The van der Waals surface area contributed by atoms with Crippen molar-refractivity contribution in [1.29, 1.82) is 1.43 Å². The first-order valence-corrected chi connectivity index (χ1v) is 9.82. The van der Waals surface area contributed by atoms with Gasteiger partial charge in [0.2, 0.25) is 1.43 Å². The molecule has 2 aromatic carbocycles. The predicted octanol–water partition coefficient (Wildman–Crippen LogP) is 3.91. The average molecular weight is 389 g/mol. The van der Waals surface area contributed by atoms with Crippen LogP contribution >= 0.6 is 11.8 Å². The highest BCUT2D eigenvalue weighted by Gasteiger charge is 2.17. The fourth-order valence-corrected chi connectivity index (χ4v) is 3.12. The van der Waals surface area contributed by atoms with E-state index in [0.717, 1.165) is 16.8 Å². The van der Waals surface area contributed by atoms with E-state index in [4.69, 9.17) is 1.43 Å². The standard InChI is InChI=1S/C20H25N3O3S/c1-12-9-17(27-4)10-13(2)19(12)23-22-16-7-5-15(6-8-16)20(26)21-18(11-24)14(3)25/h5-10,14,18,24-25H,11H2,1-4H3,(H,21,26)/b23-22+/t14-,18-/m0/s1/i24D. The van der Waals surface area contributed by atoms with Crippen LogP contribution in [0.15, 0.2) is 51.5 Å². The minimum Gasteiger partial charge on any atom is -0.394 e. The van der Waals surface area contributed by atoms with Crippen LogP contribution in [0.1, 0.15) is 28.4 Å². The molecule has 0 saturated carbocycles. The quantitative estimate of drug-likeness (QED) is 0.472. The predicted molar refractivity (Wildman–Crippen MR) is 108 cm³/mol. The monoisotopic (exact) mass is 388 g/mol. The van der Waals surface area contributed by atoms with Gasteiger partial charge >= 0.3 is 0 Å². The van der Waals surface area contributed by atoms with Gasteiger partial charge in [0.15, 0.2) is 0 Å². The Bertz CT molecular complexity index is 818. The van der Waals surface area contributed by atoms with Crippen LogP contribution in [0.4, 0.5) is 11.4 Å². The number of nitrogens with zero attached hydrogens (tertiary/aromatic N) is 2. The molecule has 0 bridgehead atoms. The Kier molecular flexibility index (Phi) is 6.98. The van der Waals surface area contributed by atoms with E-state index in [0.29, 0.717) is 11.3 Å². The van der Waals surface area contributed by atoms with Crippen molar-refractivity contribution in [2.24, 2.45) is 10.2 Å². The number of benzene rings is 2. The minimum atomic E-state index is -0.827. The molecule has 27 heavy (non-hydrogen) atoms. The molecule has 2 atom stereocenters. The summed E-state index contributed by atoms with van der Waals surface area (Å²) in [5.41, 5.74) is 4.02. The van der Waals surface area contributed by atoms with Crippen LogP contribution < -0.4 is 5.32 Å². The number of azo groups is 1. The molecule has 0 aliphatic heterocycles. The third kappa shape index (κ3) is 5.63. The van der Waals surface area contributed by atoms with Gasteiger partial charge in [-0.3, -0.25) is 4.79 Å². The highest BCUT2D eigenvalue weighted by atomic mass is 32.2. The van der Waals surface area contributed by atoms with E-state index in [-0.39, 0.29) is 12.5 Å². The summed E-state index contributed by atoms with van der Waals surface area (Å²) in [6, 6.07) is 10.2. The fourth-order valence-electron chi connectivity index (χ4n) is 2.53. The number of hydrogen-bond acceptors (Lipinski definition) is 6. The Hall–Kier alpha value is -2.22. The summed E-state index contributed by atoms with van der Waals surface area (Å²) in [5.74, 6) is -0.356. The van der Waals surface area contributed by atoms with Crippen LogP contribution in [0, 0.1) is 13.8 Å². The molecule has 0 aliphatic carbocycles. The summed E-state index contributed by atoms with van der Waals surface area (Å²) in [6.45, 7) is 5.45. The van der Waals surface area contributed by atoms with Crippen molar-refractivity contribution in [3.63, 3.8) is 0 Å². The molecule has 2 aromatic rings. The number of thioether (sulfide) groups is 1. The Morgan fingerprint density at radius 2 is 1.85 bits per heavy atom. The second-order valence-corrected chi connectivity index (χ2v) is 7.22. The van der Waals surface area contributed by atoms with Gasteiger partial charge in [-0.05, 0) is 74.6 Å². The number of aryl methyl sites for hydroxylation is 2. The van der Waals surface area contributed by atoms with Crippen LogP contribution in [-0.4, -0.2) is 42.6 Å². The number of hydrogen-bond donors (Lipinski definition) is 3. The zero-order valence-electron chi connectivity index (χ0n) is 16.9. The number of aliphatic hydroxyl groups excluding tert-OH is 2. The van der Waals surface area contributed by atoms with Gasteiger partial charge in [-0.25, -0.2) is 0 Å². The lowest BCUT2D eigenvalue weighted by molar-refractivity contribution is 0.0758. The molecule has 0 aromatic heterocycles. The van der Waals surface area contributed by atoms with Crippen molar-refractivity contribution in [2.45, 2.75) is 37.8 Å². The number of nitrogens with one attached hydrogen (secondary N) is 1. The topological polar surface area (TPSA) is 94.3 Å². The third-order valence-electron chi connectivity index (χ3n) is 4.17. The van der Waals surface area contributed by atoms with Crippen molar-refractivity contribution in [2.75, 3.05) is 12.9 Å². The van der Waals surface area contributed by atoms with Crippen LogP contribution in [-0.2, 0) is 0 Å². The Morgan fingerprint density at radius 1 is 1.22 bits per heavy atom. The summed E-state index contributed by atoms with van der Waals surface area (Å²) in [7, 11) is 0. The van der Waals surface area contributed by atoms with Crippen LogP contribution in [0.3, 0.4) is 0 Å². The number of rotatable bonds is 8. The molecule has 0 radical (unpaired) electrons. The molecular weight excluding hydrogens is 362 g/mol. The maximum Gasteiger partial charge on any atom is 0.251 e. The third-order valence-corrected chi connectivity index (χ3v) is 4.88. The van der Waals surface area contributed by atoms with E-state index in [2.05, 4.69) is 32.8 Å². The molecule has 2 rings (SSSR count). The van der Waals surface area contributed by atoms with Gasteiger partial charge in [-0.15, -0.1) is 11.8 Å². The number of amides is 1. The van der Waals surface area contributed by atoms with Gasteiger partial charge in [0.05, 0.1) is 30.1 Å². The summed E-state index contributed by atoms with van der Waals surface area (Å²) in [4.78, 5) is 13.5. The van der Waals surface area contributed by atoms with Crippen molar-refractivity contribution < 1.29 is 15.0 Å². The van der Waals surface area contributed by atoms with Gasteiger partial charge in [-0.1, -0.05) is 0 Å². The van der Waals surface area contributed by atoms with Crippen molar-refractivity contribution in [3.05, 3.63) is 53.1 Å². The fraction of sp³-hybridized carbons (Fsp3) is 0.350. The molecule has 0 aliphatic rings. The average Bonchev–Trinajstić information content (AvgIpc) is 2.67. The maximum absolute atomic E-state index is 12.3. The maximum atomic E-state index is 12.3. The van der Waals surface area contributed by atoms with Crippen molar-refractivity contribution in [1.82, 2.24) is 5.32 Å². The Balaban J connectivity index is 2.10. The second-order valence-electron chi connectivity index (χ2n) is 6.34. The molecule has 7 heteroatoms. The van der Waals surface area contributed by atoms with Crippen molar-refractivity contribution >= 4 is 29.0 Å². The van der Waals surface area contributed by atoms with E-state index < -0.39 is 12.1 Å². The first kappa shape index (κ1) is 19.5. The lowest BCUT2D eigenvalue weighted by Crippen LogP contribution is -2.44. The smallest absolute Gasteiger partial charge is 0.251 e. The van der Waals surface area contributed by atoms with E-state index in [9.17, 15) is 9.90 Å². The molecule has 0 heterocycles. The van der Waals surface area contributed by atoms with Gasteiger partial charge in [0, 0.05) is 10.5 Å². The zero-order chi connectivity index (χ0) is 20.7.